The molecular formula is C32H37N5O3S. The van der Waals surface area contributed by atoms with Crippen LogP contribution in [0.4, 0.5) is 5.69 Å². The van der Waals surface area contributed by atoms with Crippen molar-refractivity contribution in [2.24, 2.45) is 5.73 Å². The second kappa shape index (κ2) is 14.7. The van der Waals surface area contributed by atoms with Gasteiger partial charge in [-0.3, -0.25) is 10.1 Å². The van der Waals surface area contributed by atoms with E-state index in [1.165, 1.54) is 0 Å². The van der Waals surface area contributed by atoms with Crippen molar-refractivity contribution in [3.63, 3.8) is 0 Å². The second-order valence-corrected chi connectivity index (χ2v) is 9.96. The maximum absolute atomic E-state index is 12.1. The minimum Gasteiger partial charge on any atom is -0.480 e. The first-order chi connectivity index (χ1) is 19.6. The number of aliphatic carboxylic acids is 1. The summed E-state index contributed by atoms with van der Waals surface area (Å²) in [6.45, 7) is 3.85. The number of carbonyl (C=O) groups is 1. The van der Waals surface area contributed by atoms with Crippen LogP contribution in [-0.4, -0.2) is 53.4 Å². The minimum atomic E-state index is -0.864. The summed E-state index contributed by atoms with van der Waals surface area (Å²) in [6, 6.07) is 25.4. The molecule has 0 aliphatic carbocycles. The molecule has 4 N–H and O–H groups in total. The van der Waals surface area contributed by atoms with Crippen LogP contribution >= 0.6 is 13.5 Å². The zero-order chi connectivity index (χ0) is 27.7. The van der Waals surface area contributed by atoms with Gasteiger partial charge in [0, 0.05) is 50.0 Å². The zero-order valence-electron chi connectivity index (χ0n) is 23.0. The summed E-state index contributed by atoms with van der Waals surface area (Å²) in [5.41, 5.74) is 12.9. The number of rotatable bonds is 11. The number of hydrogen-bond acceptors (Lipinski definition) is 7. The van der Waals surface area contributed by atoms with Crippen LogP contribution in [0.2, 0.25) is 0 Å². The molecule has 5 rings (SSSR count). The third-order valence-corrected chi connectivity index (χ3v) is 7.14. The van der Waals surface area contributed by atoms with Gasteiger partial charge in [0.15, 0.2) is 0 Å². The van der Waals surface area contributed by atoms with Crippen LogP contribution in [0.25, 0.3) is 11.3 Å². The molecule has 9 heteroatoms. The molecule has 0 radical (unpaired) electrons. The zero-order valence-corrected chi connectivity index (χ0v) is 24.0. The van der Waals surface area contributed by atoms with Crippen molar-refractivity contribution in [2.75, 3.05) is 31.2 Å². The molecule has 41 heavy (non-hydrogen) atoms. The molecule has 0 bridgehead atoms. The van der Waals surface area contributed by atoms with Crippen molar-refractivity contribution < 1.29 is 14.6 Å². The molecular weight excluding hydrogens is 534 g/mol. The monoisotopic (exact) mass is 571 g/mol. The van der Waals surface area contributed by atoms with Gasteiger partial charge in [0.05, 0.1) is 18.9 Å². The standard InChI is InChI=1S/C32H35N5O3.H2S/c33-21-25-7-4-8-26(18-25)28-11-12-34-31(36-28)20-24-9-10-30(37-13-15-40-16-14-37)27(17-24)22-35-29(32(38)39)19-23-5-2-1-3-6-23;/h1-12,17-18,29,35H,13-16,19-22,33H2,(H,38,39);1H2. The maximum atomic E-state index is 12.1. The number of anilines is 1. The number of nitrogens with two attached hydrogens (primary N) is 1. The topological polar surface area (TPSA) is 114 Å². The van der Waals surface area contributed by atoms with Crippen LogP contribution in [0.5, 0.6) is 0 Å². The molecule has 1 aliphatic rings. The Hall–Kier alpha value is -3.76. The highest BCUT2D eigenvalue weighted by molar-refractivity contribution is 7.59. The summed E-state index contributed by atoms with van der Waals surface area (Å²) in [7, 11) is 0. The third-order valence-electron chi connectivity index (χ3n) is 7.14. The number of carboxylic acids is 1. The number of nitrogens with one attached hydrogen (secondary N) is 1. The first-order valence-electron chi connectivity index (χ1n) is 13.6. The first kappa shape index (κ1) is 30.2. The lowest BCUT2D eigenvalue weighted by molar-refractivity contribution is -0.139. The molecule has 1 saturated heterocycles. The van der Waals surface area contributed by atoms with Gasteiger partial charge in [0.2, 0.25) is 0 Å². The Kier molecular flexibility index (Phi) is 10.9. The molecule has 2 heterocycles. The highest BCUT2D eigenvalue weighted by Gasteiger charge is 2.20. The van der Waals surface area contributed by atoms with Crippen molar-refractivity contribution in [2.45, 2.75) is 32.0 Å². The van der Waals surface area contributed by atoms with E-state index in [2.05, 4.69) is 39.5 Å². The quantitative estimate of drug-likeness (QED) is 0.248. The highest BCUT2D eigenvalue weighted by atomic mass is 32.1. The molecule has 0 spiro atoms. The SMILES string of the molecule is NCc1cccc(-c2ccnc(Cc3ccc(N4CCOCC4)c(CNC(Cc4ccccc4)C(=O)O)c3)n2)c1.S. The van der Waals surface area contributed by atoms with Gasteiger partial charge in [-0.25, -0.2) is 9.97 Å². The van der Waals surface area contributed by atoms with Crippen LogP contribution in [0.3, 0.4) is 0 Å². The summed E-state index contributed by atoms with van der Waals surface area (Å²) in [6.07, 6.45) is 2.76. The highest BCUT2D eigenvalue weighted by Crippen LogP contribution is 2.25. The van der Waals surface area contributed by atoms with E-state index in [0.717, 1.165) is 58.1 Å². The van der Waals surface area contributed by atoms with E-state index in [4.69, 9.17) is 15.5 Å². The molecule has 1 atom stereocenters. The Morgan fingerprint density at radius 1 is 0.976 bits per heavy atom. The van der Waals surface area contributed by atoms with E-state index in [1.807, 2.05) is 54.6 Å². The number of carboxylic acid groups (broad SMARTS) is 1. The summed E-state index contributed by atoms with van der Waals surface area (Å²) in [4.78, 5) is 23.8. The second-order valence-electron chi connectivity index (χ2n) is 9.96. The van der Waals surface area contributed by atoms with Gasteiger partial charge in [0.1, 0.15) is 11.9 Å². The van der Waals surface area contributed by atoms with Gasteiger partial charge >= 0.3 is 5.97 Å². The van der Waals surface area contributed by atoms with Crippen LogP contribution in [0.1, 0.15) is 28.1 Å². The number of benzene rings is 3. The van der Waals surface area contributed by atoms with Crippen molar-refractivity contribution >= 4 is 25.2 Å². The average molecular weight is 572 g/mol. The van der Waals surface area contributed by atoms with E-state index < -0.39 is 12.0 Å². The Bertz CT molecular complexity index is 1430. The number of aromatic nitrogens is 2. The minimum absolute atomic E-state index is 0. The van der Waals surface area contributed by atoms with Gasteiger partial charge in [-0.1, -0.05) is 60.7 Å². The average Bonchev–Trinajstić information content (AvgIpc) is 3.00. The Morgan fingerprint density at radius 3 is 2.51 bits per heavy atom. The van der Waals surface area contributed by atoms with Crippen LogP contribution in [0.15, 0.2) is 85.1 Å². The van der Waals surface area contributed by atoms with E-state index in [9.17, 15) is 9.90 Å². The number of nitrogens with zero attached hydrogens (tertiary/aromatic N) is 3. The number of morpholine rings is 1. The van der Waals surface area contributed by atoms with Crippen LogP contribution < -0.4 is 16.0 Å². The van der Waals surface area contributed by atoms with Gasteiger partial charge in [0.25, 0.3) is 0 Å². The predicted octanol–water partition coefficient (Wildman–Crippen LogP) is 3.93. The van der Waals surface area contributed by atoms with Crippen molar-refractivity contribution in [3.05, 3.63) is 113 Å². The van der Waals surface area contributed by atoms with Crippen molar-refractivity contribution in [3.8, 4) is 11.3 Å². The molecule has 1 unspecified atom stereocenters. The van der Waals surface area contributed by atoms with Crippen molar-refractivity contribution in [1.29, 1.82) is 0 Å². The Labute approximate surface area is 248 Å². The van der Waals surface area contributed by atoms with Gasteiger partial charge in [-0.05, 0) is 46.9 Å². The molecule has 0 amide bonds. The van der Waals surface area contributed by atoms with E-state index >= 15 is 0 Å². The lowest BCUT2D eigenvalue weighted by Crippen LogP contribution is -2.40. The molecule has 0 saturated carbocycles. The molecule has 1 aliphatic heterocycles. The molecule has 1 fully saturated rings. The summed E-state index contributed by atoms with van der Waals surface area (Å²) in [5.74, 6) is -0.141. The van der Waals surface area contributed by atoms with Crippen molar-refractivity contribution in [1.82, 2.24) is 15.3 Å². The normalized spacial score (nSPS) is 13.8. The Balaban J connectivity index is 0.00000387. The van der Waals surface area contributed by atoms with Gasteiger partial charge in [-0.2, -0.15) is 13.5 Å². The smallest absolute Gasteiger partial charge is 0.321 e. The van der Waals surface area contributed by atoms with Gasteiger partial charge < -0.3 is 20.5 Å². The molecule has 8 nitrogen and oxygen atoms in total. The molecule has 1 aromatic heterocycles. The lowest BCUT2D eigenvalue weighted by atomic mass is 10.0. The first-order valence-corrected chi connectivity index (χ1v) is 13.6. The summed E-state index contributed by atoms with van der Waals surface area (Å²) >= 11 is 0. The number of ether oxygens (including phenoxy) is 1. The third kappa shape index (κ3) is 8.14. The summed E-state index contributed by atoms with van der Waals surface area (Å²) in [5, 5.41) is 13.2. The lowest BCUT2D eigenvalue weighted by Gasteiger charge is -2.31. The van der Waals surface area contributed by atoms with E-state index in [0.29, 0.717) is 39.1 Å². The fourth-order valence-corrected chi connectivity index (χ4v) is 5.02. The fourth-order valence-electron chi connectivity index (χ4n) is 5.02. The Morgan fingerprint density at radius 2 is 1.76 bits per heavy atom. The predicted molar refractivity (Wildman–Crippen MR) is 166 cm³/mol. The van der Waals surface area contributed by atoms with Crippen LogP contribution in [-0.2, 0) is 35.5 Å². The van der Waals surface area contributed by atoms with Crippen LogP contribution in [0, 0.1) is 0 Å². The fraction of sp³-hybridized carbons (Fsp3) is 0.281. The molecule has 214 valence electrons. The molecule has 3 aromatic carbocycles. The number of hydrogen-bond donors (Lipinski definition) is 3. The molecule has 4 aromatic rings. The van der Waals surface area contributed by atoms with E-state index in [-0.39, 0.29) is 13.5 Å². The van der Waals surface area contributed by atoms with Gasteiger partial charge in [-0.15, -0.1) is 0 Å². The summed E-state index contributed by atoms with van der Waals surface area (Å²) < 4.78 is 5.56. The maximum Gasteiger partial charge on any atom is 0.321 e. The largest absolute Gasteiger partial charge is 0.480 e. The van der Waals surface area contributed by atoms with E-state index in [1.54, 1.807) is 6.20 Å².